The van der Waals surface area contributed by atoms with Crippen molar-refractivity contribution >= 4 is 17.7 Å². The van der Waals surface area contributed by atoms with Crippen LogP contribution in [0.3, 0.4) is 0 Å². The molecule has 1 aromatic rings. The summed E-state index contributed by atoms with van der Waals surface area (Å²) in [5, 5.41) is 0. The zero-order chi connectivity index (χ0) is 17.7. The van der Waals surface area contributed by atoms with E-state index in [4.69, 9.17) is 9.47 Å². The highest BCUT2D eigenvalue weighted by atomic mass is 16.5. The van der Waals surface area contributed by atoms with Crippen molar-refractivity contribution < 1.29 is 28.6 Å². The summed E-state index contributed by atoms with van der Waals surface area (Å²) in [5.74, 6) is -0.663. The molecule has 7 heteroatoms. The predicted octanol–water partition coefficient (Wildman–Crippen LogP) is 0.837. The minimum Gasteiger partial charge on any atom is -0.493 e. The molecule has 0 radical (unpaired) electrons. The predicted molar refractivity (Wildman–Crippen MR) is 85.0 cm³/mol. The van der Waals surface area contributed by atoms with Crippen molar-refractivity contribution in [1.82, 2.24) is 4.90 Å². The summed E-state index contributed by atoms with van der Waals surface area (Å²) in [5.41, 5.74) is 0.927. The van der Waals surface area contributed by atoms with E-state index in [2.05, 4.69) is 4.74 Å². The van der Waals surface area contributed by atoms with Gasteiger partial charge in [0.25, 0.3) is 0 Å². The third-order valence-electron chi connectivity index (χ3n) is 4.05. The summed E-state index contributed by atoms with van der Waals surface area (Å²) in [6.45, 7) is 0.0564. The van der Waals surface area contributed by atoms with Crippen LogP contribution in [-0.4, -0.2) is 57.0 Å². The van der Waals surface area contributed by atoms with E-state index < -0.39 is 11.9 Å². The Labute approximate surface area is 140 Å². The van der Waals surface area contributed by atoms with Gasteiger partial charge in [0.15, 0.2) is 17.3 Å². The minimum atomic E-state index is -0.861. The van der Waals surface area contributed by atoms with Crippen LogP contribution in [0.15, 0.2) is 18.2 Å². The fraction of sp³-hybridized carbons (Fsp3) is 0.471. The molecule has 0 spiro atoms. The number of hydrogen-bond acceptors (Lipinski definition) is 6. The summed E-state index contributed by atoms with van der Waals surface area (Å²) in [4.78, 5) is 37.0. The Hall–Kier alpha value is -2.57. The second kappa shape index (κ2) is 7.81. The highest BCUT2D eigenvalue weighted by molar-refractivity contribution is 6.03. The van der Waals surface area contributed by atoms with Gasteiger partial charge in [-0.2, -0.15) is 0 Å². The Kier molecular flexibility index (Phi) is 5.78. The number of amides is 1. The molecule has 1 unspecified atom stereocenters. The average molecular weight is 335 g/mol. The molecule has 1 aromatic carbocycles. The standard InChI is InChI=1S/C17H21NO6/c1-22-14-6-4-11(8-15(14)23-2)5-7-16(20)18-9-12(13(19)10-18)17(21)24-3/h4,6,8,12H,5,7,9-10H2,1-3H3. The van der Waals surface area contributed by atoms with E-state index >= 15 is 0 Å². The van der Waals surface area contributed by atoms with E-state index in [1.807, 2.05) is 12.1 Å². The van der Waals surface area contributed by atoms with E-state index in [9.17, 15) is 14.4 Å². The Balaban J connectivity index is 1.94. The first kappa shape index (κ1) is 17.8. The molecule has 1 amide bonds. The number of aryl methyl sites for hydroxylation is 1. The molecule has 1 aliphatic rings. The molecule has 1 heterocycles. The van der Waals surface area contributed by atoms with Gasteiger partial charge in [-0.3, -0.25) is 14.4 Å². The fourth-order valence-electron chi connectivity index (χ4n) is 2.67. The molecular formula is C17H21NO6. The van der Waals surface area contributed by atoms with Crippen LogP contribution in [0.4, 0.5) is 0 Å². The number of ketones is 1. The van der Waals surface area contributed by atoms with Gasteiger partial charge in [0.1, 0.15) is 5.92 Å². The molecule has 1 aliphatic heterocycles. The largest absolute Gasteiger partial charge is 0.493 e. The third-order valence-corrected chi connectivity index (χ3v) is 4.05. The molecule has 130 valence electrons. The van der Waals surface area contributed by atoms with Crippen molar-refractivity contribution in [1.29, 1.82) is 0 Å². The molecule has 1 saturated heterocycles. The minimum absolute atomic E-state index is 0.0372. The number of esters is 1. The van der Waals surface area contributed by atoms with Gasteiger partial charge in [-0.05, 0) is 24.1 Å². The van der Waals surface area contributed by atoms with E-state index in [1.165, 1.54) is 12.0 Å². The molecule has 0 aliphatic carbocycles. The normalized spacial score (nSPS) is 16.9. The average Bonchev–Trinajstić information content (AvgIpc) is 3.00. The maximum atomic E-state index is 12.3. The number of ether oxygens (including phenoxy) is 3. The van der Waals surface area contributed by atoms with Gasteiger partial charge in [0.2, 0.25) is 5.91 Å². The number of carbonyl (C=O) groups excluding carboxylic acids is 3. The van der Waals surface area contributed by atoms with Crippen LogP contribution in [0.1, 0.15) is 12.0 Å². The van der Waals surface area contributed by atoms with Gasteiger partial charge in [-0.15, -0.1) is 0 Å². The monoisotopic (exact) mass is 335 g/mol. The van der Waals surface area contributed by atoms with Crippen molar-refractivity contribution in [2.75, 3.05) is 34.4 Å². The van der Waals surface area contributed by atoms with Crippen molar-refractivity contribution in [3.05, 3.63) is 23.8 Å². The lowest BCUT2D eigenvalue weighted by Gasteiger charge is -2.15. The molecule has 0 N–H and O–H groups in total. The van der Waals surface area contributed by atoms with Gasteiger partial charge >= 0.3 is 5.97 Å². The topological polar surface area (TPSA) is 82.1 Å². The molecule has 24 heavy (non-hydrogen) atoms. The molecule has 1 atom stereocenters. The molecule has 2 rings (SSSR count). The molecule has 0 bridgehead atoms. The Morgan fingerprint density at radius 1 is 1.17 bits per heavy atom. The highest BCUT2D eigenvalue weighted by Crippen LogP contribution is 2.28. The lowest BCUT2D eigenvalue weighted by atomic mass is 10.1. The van der Waals surface area contributed by atoms with Crippen LogP contribution in [0.25, 0.3) is 0 Å². The second-order valence-corrected chi connectivity index (χ2v) is 5.51. The van der Waals surface area contributed by atoms with Gasteiger partial charge < -0.3 is 19.1 Å². The number of methoxy groups -OCH3 is 3. The number of Topliss-reactive ketones (excluding diaryl/α,β-unsaturated/α-hetero) is 1. The number of nitrogens with zero attached hydrogens (tertiary/aromatic N) is 1. The van der Waals surface area contributed by atoms with Crippen molar-refractivity contribution in [3.8, 4) is 11.5 Å². The SMILES string of the molecule is COC(=O)C1CN(C(=O)CCc2ccc(OC)c(OC)c2)CC1=O. The first-order chi connectivity index (χ1) is 11.5. The summed E-state index contributed by atoms with van der Waals surface area (Å²) in [6.07, 6.45) is 0.753. The molecule has 0 saturated carbocycles. The summed E-state index contributed by atoms with van der Waals surface area (Å²) < 4.78 is 15.0. The third kappa shape index (κ3) is 3.84. The van der Waals surface area contributed by atoms with Gasteiger partial charge in [-0.1, -0.05) is 6.07 Å². The molecule has 0 aromatic heterocycles. The Morgan fingerprint density at radius 2 is 1.88 bits per heavy atom. The smallest absolute Gasteiger partial charge is 0.318 e. The second-order valence-electron chi connectivity index (χ2n) is 5.51. The quantitative estimate of drug-likeness (QED) is 0.566. The van der Waals surface area contributed by atoms with Gasteiger partial charge in [-0.25, -0.2) is 0 Å². The number of likely N-dealkylation sites (tertiary alicyclic amines) is 1. The van der Waals surface area contributed by atoms with Crippen molar-refractivity contribution in [2.24, 2.45) is 5.92 Å². The van der Waals surface area contributed by atoms with E-state index in [0.29, 0.717) is 17.9 Å². The zero-order valence-electron chi connectivity index (χ0n) is 14.0. The number of benzene rings is 1. The van der Waals surface area contributed by atoms with E-state index in [0.717, 1.165) is 5.56 Å². The maximum absolute atomic E-state index is 12.3. The summed E-state index contributed by atoms with van der Waals surface area (Å²) in [7, 11) is 4.34. The van der Waals surface area contributed by atoms with Gasteiger partial charge in [0.05, 0.1) is 27.9 Å². The summed E-state index contributed by atoms with van der Waals surface area (Å²) in [6, 6.07) is 5.46. The first-order valence-corrected chi connectivity index (χ1v) is 7.59. The molecule has 1 fully saturated rings. The van der Waals surface area contributed by atoms with E-state index in [-0.39, 0.29) is 31.2 Å². The highest BCUT2D eigenvalue weighted by Gasteiger charge is 2.38. The lowest BCUT2D eigenvalue weighted by Crippen LogP contribution is -2.30. The maximum Gasteiger partial charge on any atom is 0.318 e. The zero-order valence-corrected chi connectivity index (χ0v) is 14.0. The fourth-order valence-corrected chi connectivity index (χ4v) is 2.67. The van der Waals surface area contributed by atoms with Crippen LogP contribution < -0.4 is 9.47 Å². The number of rotatable bonds is 6. The van der Waals surface area contributed by atoms with Crippen LogP contribution in [0.2, 0.25) is 0 Å². The van der Waals surface area contributed by atoms with Crippen LogP contribution in [0.5, 0.6) is 11.5 Å². The first-order valence-electron chi connectivity index (χ1n) is 7.59. The number of carbonyl (C=O) groups is 3. The molecular weight excluding hydrogens is 314 g/mol. The van der Waals surface area contributed by atoms with Crippen LogP contribution in [0, 0.1) is 5.92 Å². The van der Waals surface area contributed by atoms with Crippen LogP contribution in [-0.2, 0) is 25.5 Å². The lowest BCUT2D eigenvalue weighted by molar-refractivity contribution is -0.147. The van der Waals surface area contributed by atoms with Crippen molar-refractivity contribution in [2.45, 2.75) is 12.8 Å². The Bertz CT molecular complexity index is 642. The van der Waals surface area contributed by atoms with Crippen molar-refractivity contribution in [3.63, 3.8) is 0 Å². The van der Waals surface area contributed by atoms with E-state index in [1.54, 1.807) is 20.3 Å². The van der Waals surface area contributed by atoms with Crippen LogP contribution >= 0.6 is 0 Å². The molecule has 7 nitrogen and oxygen atoms in total. The van der Waals surface area contributed by atoms with Gasteiger partial charge in [0, 0.05) is 13.0 Å². The Morgan fingerprint density at radius 3 is 2.50 bits per heavy atom. The summed E-state index contributed by atoms with van der Waals surface area (Å²) >= 11 is 0. The number of hydrogen-bond donors (Lipinski definition) is 0.